The Kier molecular flexibility index (Phi) is 3.69. The summed E-state index contributed by atoms with van der Waals surface area (Å²) in [5.74, 6) is -1.28. The van der Waals surface area contributed by atoms with E-state index in [1.807, 2.05) is 0 Å². The molecule has 0 bridgehead atoms. The molecule has 4 heteroatoms. The van der Waals surface area contributed by atoms with Gasteiger partial charge in [0.1, 0.15) is 23.8 Å². The van der Waals surface area contributed by atoms with Gasteiger partial charge in [-0.05, 0) is 12.1 Å². The fourth-order valence-corrected chi connectivity index (χ4v) is 1.77. The molecule has 0 amide bonds. The summed E-state index contributed by atoms with van der Waals surface area (Å²) in [5.41, 5.74) is -0.124. The highest BCUT2D eigenvalue weighted by Gasteiger charge is 2.24. The number of benzene rings is 2. The summed E-state index contributed by atoms with van der Waals surface area (Å²) in [6.45, 7) is 0. The lowest BCUT2D eigenvalue weighted by molar-refractivity contribution is 0.0130. The summed E-state index contributed by atoms with van der Waals surface area (Å²) in [4.78, 5) is 0. The lowest BCUT2D eigenvalue weighted by Gasteiger charge is -2.19. The van der Waals surface area contributed by atoms with Crippen molar-refractivity contribution in [1.82, 2.24) is 0 Å². The van der Waals surface area contributed by atoms with Crippen LogP contribution in [0, 0.1) is 11.6 Å². The van der Waals surface area contributed by atoms with Crippen molar-refractivity contribution >= 4 is 0 Å². The van der Waals surface area contributed by atoms with Crippen LogP contribution in [0.3, 0.4) is 0 Å². The molecule has 0 unspecified atom stereocenters. The molecule has 0 fully saturated rings. The topological polar surface area (TPSA) is 40.5 Å². The highest BCUT2D eigenvalue weighted by Crippen LogP contribution is 2.31. The SMILES string of the molecule is O[C@H](c1ccccc1F)[C@H](O)c1ccccc1F. The molecule has 2 aromatic rings. The molecular formula is C14H12F2O2. The first kappa shape index (κ1) is 12.7. The fraction of sp³-hybridized carbons (Fsp3) is 0.143. The maximum absolute atomic E-state index is 13.5. The Balaban J connectivity index is 2.33. The number of aliphatic hydroxyl groups is 2. The summed E-state index contributed by atoms with van der Waals surface area (Å²) >= 11 is 0. The Morgan fingerprint density at radius 2 is 1.00 bits per heavy atom. The van der Waals surface area contributed by atoms with Gasteiger partial charge in [-0.3, -0.25) is 0 Å². The third-order valence-corrected chi connectivity index (χ3v) is 2.75. The molecule has 0 aliphatic heterocycles. The van der Waals surface area contributed by atoms with Crippen LogP contribution in [-0.4, -0.2) is 10.2 Å². The summed E-state index contributed by atoms with van der Waals surface area (Å²) in [5, 5.41) is 19.8. The molecule has 0 saturated carbocycles. The normalized spacial score (nSPS) is 14.2. The van der Waals surface area contributed by atoms with Crippen LogP contribution in [0.2, 0.25) is 0 Å². The van der Waals surface area contributed by atoms with E-state index in [4.69, 9.17) is 0 Å². The summed E-state index contributed by atoms with van der Waals surface area (Å²) in [6.07, 6.45) is -3.02. The molecule has 2 atom stereocenters. The third-order valence-electron chi connectivity index (χ3n) is 2.75. The molecule has 0 spiro atoms. The molecule has 18 heavy (non-hydrogen) atoms. The molecule has 0 radical (unpaired) electrons. The van der Waals surface area contributed by atoms with Gasteiger partial charge in [0.15, 0.2) is 0 Å². The van der Waals surface area contributed by atoms with Gasteiger partial charge in [-0.15, -0.1) is 0 Å². The number of hydrogen-bond acceptors (Lipinski definition) is 2. The van der Waals surface area contributed by atoms with Crippen molar-refractivity contribution in [2.75, 3.05) is 0 Å². The van der Waals surface area contributed by atoms with Gasteiger partial charge < -0.3 is 10.2 Å². The van der Waals surface area contributed by atoms with Crippen LogP contribution in [0.4, 0.5) is 8.78 Å². The van der Waals surface area contributed by atoms with Gasteiger partial charge in [0.25, 0.3) is 0 Å². The molecule has 0 aliphatic carbocycles. The lowest BCUT2D eigenvalue weighted by Crippen LogP contribution is -2.13. The lowest BCUT2D eigenvalue weighted by atomic mass is 9.97. The van der Waals surface area contributed by atoms with Gasteiger partial charge >= 0.3 is 0 Å². The minimum absolute atomic E-state index is 0.0618. The highest BCUT2D eigenvalue weighted by molar-refractivity contribution is 5.26. The number of halogens is 2. The standard InChI is InChI=1S/C14H12F2O2/c15-11-7-3-1-5-9(11)13(17)14(18)10-6-2-4-8-12(10)16/h1-8,13-14,17-18H/t13-,14-/m1/s1. The highest BCUT2D eigenvalue weighted by atomic mass is 19.1. The molecule has 94 valence electrons. The van der Waals surface area contributed by atoms with E-state index < -0.39 is 23.8 Å². The third kappa shape index (κ3) is 2.39. The van der Waals surface area contributed by atoms with Crippen molar-refractivity contribution in [1.29, 1.82) is 0 Å². The second kappa shape index (κ2) is 5.25. The molecular weight excluding hydrogens is 238 g/mol. The fourth-order valence-electron chi connectivity index (χ4n) is 1.77. The zero-order valence-electron chi connectivity index (χ0n) is 9.42. The summed E-state index contributed by atoms with van der Waals surface area (Å²) < 4.78 is 26.9. The van der Waals surface area contributed by atoms with Gasteiger partial charge in [0, 0.05) is 11.1 Å². The zero-order valence-corrected chi connectivity index (χ0v) is 9.42. The van der Waals surface area contributed by atoms with Crippen molar-refractivity contribution in [3.8, 4) is 0 Å². The number of aliphatic hydroxyl groups excluding tert-OH is 2. The average Bonchev–Trinajstić information content (AvgIpc) is 2.38. The van der Waals surface area contributed by atoms with Gasteiger partial charge in [-0.2, -0.15) is 0 Å². The van der Waals surface area contributed by atoms with Crippen LogP contribution in [0.25, 0.3) is 0 Å². The monoisotopic (exact) mass is 250 g/mol. The van der Waals surface area contributed by atoms with Crippen molar-refractivity contribution in [3.05, 3.63) is 71.3 Å². The van der Waals surface area contributed by atoms with Crippen LogP contribution in [0.5, 0.6) is 0 Å². The van der Waals surface area contributed by atoms with Crippen molar-refractivity contribution in [2.24, 2.45) is 0 Å². The van der Waals surface area contributed by atoms with Crippen LogP contribution in [0.1, 0.15) is 23.3 Å². The first-order valence-corrected chi connectivity index (χ1v) is 5.46. The zero-order chi connectivity index (χ0) is 13.1. The van der Waals surface area contributed by atoms with E-state index in [0.717, 1.165) is 0 Å². The largest absolute Gasteiger partial charge is 0.385 e. The Morgan fingerprint density at radius 3 is 1.33 bits per heavy atom. The number of hydrogen-bond donors (Lipinski definition) is 2. The Hall–Kier alpha value is -1.78. The summed E-state index contributed by atoms with van der Waals surface area (Å²) in [7, 11) is 0. The number of rotatable bonds is 3. The van der Waals surface area contributed by atoms with Gasteiger partial charge in [0.2, 0.25) is 0 Å². The van der Waals surface area contributed by atoms with E-state index in [2.05, 4.69) is 0 Å². The van der Waals surface area contributed by atoms with Gasteiger partial charge in [-0.1, -0.05) is 36.4 Å². The molecule has 2 nitrogen and oxygen atoms in total. The first-order valence-electron chi connectivity index (χ1n) is 5.46. The quantitative estimate of drug-likeness (QED) is 0.879. The molecule has 2 N–H and O–H groups in total. The van der Waals surface area contributed by atoms with E-state index in [1.54, 1.807) is 0 Å². The molecule has 0 saturated heterocycles. The maximum Gasteiger partial charge on any atom is 0.129 e. The minimum Gasteiger partial charge on any atom is -0.385 e. The molecule has 2 rings (SSSR count). The van der Waals surface area contributed by atoms with Crippen molar-refractivity contribution < 1.29 is 19.0 Å². The van der Waals surface area contributed by atoms with Gasteiger partial charge in [-0.25, -0.2) is 8.78 Å². The average molecular weight is 250 g/mol. The minimum atomic E-state index is -1.51. The van der Waals surface area contributed by atoms with Crippen LogP contribution in [-0.2, 0) is 0 Å². The van der Waals surface area contributed by atoms with E-state index in [9.17, 15) is 19.0 Å². The van der Waals surface area contributed by atoms with Gasteiger partial charge in [0.05, 0.1) is 0 Å². The van der Waals surface area contributed by atoms with E-state index in [0.29, 0.717) is 0 Å². The van der Waals surface area contributed by atoms with Crippen LogP contribution in [0.15, 0.2) is 48.5 Å². The summed E-state index contributed by atoms with van der Waals surface area (Å²) in [6, 6.07) is 11.1. The van der Waals surface area contributed by atoms with Crippen LogP contribution < -0.4 is 0 Å². The Labute approximate surface area is 103 Å². The van der Waals surface area contributed by atoms with E-state index in [-0.39, 0.29) is 11.1 Å². The van der Waals surface area contributed by atoms with E-state index >= 15 is 0 Å². The molecule has 2 aromatic carbocycles. The van der Waals surface area contributed by atoms with Crippen molar-refractivity contribution in [2.45, 2.75) is 12.2 Å². The predicted molar refractivity (Wildman–Crippen MR) is 62.7 cm³/mol. The van der Waals surface area contributed by atoms with E-state index in [1.165, 1.54) is 48.5 Å². The maximum atomic E-state index is 13.5. The molecule has 0 heterocycles. The molecule has 0 aromatic heterocycles. The second-order valence-corrected chi connectivity index (χ2v) is 3.93. The second-order valence-electron chi connectivity index (χ2n) is 3.93. The van der Waals surface area contributed by atoms with Crippen LogP contribution >= 0.6 is 0 Å². The molecule has 0 aliphatic rings. The first-order chi connectivity index (χ1) is 8.61. The smallest absolute Gasteiger partial charge is 0.129 e. The van der Waals surface area contributed by atoms with Crippen molar-refractivity contribution in [3.63, 3.8) is 0 Å². The predicted octanol–water partition coefficient (Wildman–Crippen LogP) is 2.73. The Bertz CT molecular complexity index is 493. The Morgan fingerprint density at radius 1 is 0.667 bits per heavy atom.